The Morgan fingerprint density at radius 2 is 1.57 bits per heavy atom. The van der Waals surface area contributed by atoms with E-state index in [1.54, 1.807) is 42.5 Å². The first-order chi connectivity index (χ1) is 17.4. The van der Waals surface area contributed by atoms with Crippen molar-refractivity contribution >= 4 is 62.3 Å². The fourth-order valence-corrected chi connectivity index (χ4v) is 5.43. The quantitative estimate of drug-likeness (QED) is 0.314. The minimum absolute atomic E-state index is 0.0226. The number of amides is 2. The zero-order valence-corrected chi connectivity index (χ0v) is 24.6. The molecule has 0 aliphatic rings. The summed E-state index contributed by atoms with van der Waals surface area (Å²) in [6.07, 6.45) is 2.51. The van der Waals surface area contributed by atoms with Gasteiger partial charge in [0.05, 0.1) is 11.9 Å². The van der Waals surface area contributed by atoms with Crippen molar-refractivity contribution in [1.82, 2.24) is 10.2 Å². The number of nitrogens with one attached hydrogen (secondary N) is 1. The first-order valence-corrected chi connectivity index (χ1v) is 15.1. The van der Waals surface area contributed by atoms with Gasteiger partial charge in [0.25, 0.3) is 0 Å². The van der Waals surface area contributed by atoms with Crippen LogP contribution < -0.4 is 9.62 Å². The normalized spacial score (nSPS) is 13.1. The van der Waals surface area contributed by atoms with Gasteiger partial charge in [-0.25, -0.2) is 8.42 Å². The lowest BCUT2D eigenvalue weighted by Crippen LogP contribution is -2.50. The highest BCUT2D eigenvalue weighted by Crippen LogP contribution is 2.28. The topological polar surface area (TPSA) is 86.8 Å². The van der Waals surface area contributed by atoms with E-state index in [1.165, 1.54) is 9.21 Å². The minimum atomic E-state index is -3.59. The Kier molecular flexibility index (Phi) is 12.0. The Hall–Kier alpha value is -2.00. The molecule has 0 unspecified atom stereocenters. The van der Waals surface area contributed by atoms with E-state index < -0.39 is 16.1 Å². The lowest BCUT2D eigenvalue weighted by Gasteiger charge is -2.32. The van der Waals surface area contributed by atoms with Crippen molar-refractivity contribution in [2.24, 2.45) is 0 Å². The van der Waals surface area contributed by atoms with Gasteiger partial charge < -0.3 is 10.2 Å². The highest BCUT2D eigenvalue weighted by Gasteiger charge is 2.30. The van der Waals surface area contributed by atoms with E-state index in [0.717, 1.165) is 12.7 Å². The van der Waals surface area contributed by atoms with Crippen LogP contribution in [0, 0.1) is 0 Å². The summed E-state index contributed by atoms with van der Waals surface area (Å²) in [6.45, 7) is 5.84. The molecule has 0 aliphatic heterocycles. The minimum Gasteiger partial charge on any atom is -0.352 e. The van der Waals surface area contributed by atoms with Crippen LogP contribution in [-0.2, 0) is 26.2 Å². The average Bonchev–Trinajstić information content (AvgIpc) is 2.83. The Morgan fingerprint density at radius 3 is 2.08 bits per heavy atom. The summed E-state index contributed by atoms with van der Waals surface area (Å²) in [6, 6.07) is 10.7. The van der Waals surface area contributed by atoms with Crippen LogP contribution in [0.25, 0.3) is 0 Å². The molecule has 2 amide bonds. The van der Waals surface area contributed by atoms with Crippen molar-refractivity contribution in [3.63, 3.8) is 0 Å². The fraction of sp³-hybridized carbons (Fsp3) is 0.462. The third-order valence-electron chi connectivity index (χ3n) is 6.04. The number of carbonyl (C=O) groups excluding carboxylic acids is 2. The molecule has 0 spiro atoms. The van der Waals surface area contributed by atoms with E-state index in [0.29, 0.717) is 32.7 Å². The lowest BCUT2D eigenvalue weighted by atomic mass is 10.1. The van der Waals surface area contributed by atoms with Crippen LogP contribution in [0.2, 0.25) is 15.1 Å². The number of carbonyl (C=O) groups is 2. The van der Waals surface area contributed by atoms with Crippen LogP contribution in [-0.4, -0.2) is 50.0 Å². The predicted molar refractivity (Wildman–Crippen MR) is 152 cm³/mol. The SMILES string of the molecule is CC[C@H](C)NC(=O)[C@H](CC)N(Cc1c(Cl)cccc1Cl)C(=O)CCCN(c1ccc(Cl)cc1)S(C)(=O)=O. The van der Waals surface area contributed by atoms with Gasteiger partial charge in [-0.15, -0.1) is 0 Å². The van der Waals surface area contributed by atoms with Gasteiger partial charge >= 0.3 is 0 Å². The molecule has 0 radical (unpaired) electrons. The van der Waals surface area contributed by atoms with Gasteiger partial charge in [0.15, 0.2) is 0 Å². The van der Waals surface area contributed by atoms with E-state index in [1.807, 2.05) is 20.8 Å². The van der Waals surface area contributed by atoms with Gasteiger partial charge in [-0.3, -0.25) is 13.9 Å². The second-order valence-electron chi connectivity index (χ2n) is 8.88. The van der Waals surface area contributed by atoms with Crippen LogP contribution in [0.1, 0.15) is 52.0 Å². The van der Waals surface area contributed by atoms with Gasteiger partial charge in [-0.1, -0.05) is 54.7 Å². The summed E-state index contributed by atoms with van der Waals surface area (Å²) in [5.41, 5.74) is 1.01. The van der Waals surface area contributed by atoms with E-state index in [-0.39, 0.29) is 43.8 Å². The predicted octanol–water partition coefficient (Wildman–Crippen LogP) is 5.92. The average molecular weight is 591 g/mol. The summed E-state index contributed by atoms with van der Waals surface area (Å²) in [5, 5.41) is 4.24. The molecular formula is C26H34Cl3N3O4S. The second kappa shape index (κ2) is 14.2. The first kappa shape index (κ1) is 31.2. The molecule has 0 saturated carbocycles. The number of benzene rings is 2. The van der Waals surface area contributed by atoms with Crippen molar-refractivity contribution < 1.29 is 18.0 Å². The van der Waals surface area contributed by atoms with Crippen LogP contribution >= 0.6 is 34.8 Å². The van der Waals surface area contributed by atoms with E-state index in [9.17, 15) is 18.0 Å². The second-order valence-corrected chi connectivity index (χ2v) is 12.0. The molecule has 0 aromatic heterocycles. The third kappa shape index (κ3) is 9.06. The Labute approximate surface area is 235 Å². The van der Waals surface area contributed by atoms with Gasteiger partial charge in [-0.2, -0.15) is 0 Å². The van der Waals surface area contributed by atoms with Crippen LogP contribution in [0.15, 0.2) is 42.5 Å². The van der Waals surface area contributed by atoms with Crippen molar-refractivity contribution in [3.05, 3.63) is 63.1 Å². The molecule has 2 atom stereocenters. The van der Waals surface area contributed by atoms with Gasteiger partial charge in [0.1, 0.15) is 6.04 Å². The standard InChI is InChI=1S/C26H34Cl3N3O4S/c1-5-18(3)30-26(34)24(6-2)31(17-21-22(28)9-7-10-23(21)29)25(33)11-8-16-32(37(4,35)36)20-14-12-19(27)13-15-20/h7,9-10,12-15,18,24H,5-6,8,11,16-17H2,1-4H3,(H,30,34)/t18-,24-/m0/s1. The zero-order chi connectivity index (χ0) is 27.8. The molecule has 0 aliphatic carbocycles. The van der Waals surface area contributed by atoms with E-state index in [4.69, 9.17) is 34.8 Å². The fourth-order valence-electron chi connectivity index (χ4n) is 3.83. The van der Waals surface area contributed by atoms with Gasteiger partial charge in [0.2, 0.25) is 21.8 Å². The summed E-state index contributed by atoms with van der Waals surface area (Å²) in [4.78, 5) is 28.1. The summed E-state index contributed by atoms with van der Waals surface area (Å²) in [5.74, 6) is -0.556. The number of rotatable bonds is 13. The van der Waals surface area contributed by atoms with E-state index in [2.05, 4.69) is 5.32 Å². The highest BCUT2D eigenvalue weighted by molar-refractivity contribution is 7.92. The van der Waals surface area contributed by atoms with Gasteiger partial charge in [0, 0.05) is 46.2 Å². The summed E-state index contributed by atoms with van der Waals surface area (Å²) >= 11 is 18.7. The number of hydrogen-bond acceptors (Lipinski definition) is 4. The molecular weight excluding hydrogens is 557 g/mol. The van der Waals surface area contributed by atoms with Gasteiger partial charge in [-0.05, 0) is 62.6 Å². The largest absolute Gasteiger partial charge is 0.352 e. The number of nitrogens with zero attached hydrogens (tertiary/aromatic N) is 2. The molecule has 2 aromatic rings. The zero-order valence-electron chi connectivity index (χ0n) is 21.5. The molecule has 204 valence electrons. The van der Waals surface area contributed by atoms with Crippen molar-refractivity contribution in [1.29, 1.82) is 0 Å². The number of halogens is 3. The van der Waals surface area contributed by atoms with Crippen molar-refractivity contribution in [2.75, 3.05) is 17.1 Å². The Balaban J connectivity index is 2.27. The molecule has 7 nitrogen and oxygen atoms in total. The molecule has 11 heteroatoms. The van der Waals surface area contributed by atoms with E-state index >= 15 is 0 Å². The van der Waals surface area contributed by atoms with Crippen LogP contribution in [0.5, 0.6) is 0 Å². The lowest BCUT2D eigenvalue weighted by molar-refractivity contribution is -0.141. The Bertz CT molecular complexity index is 1160. The van der Waals surface area contributed by atoms with Crippen LogP contribution in [0.3, 0.4) is 0 Å². The molecule has 37 heavy (non-hydrogen) atoms. The monoisotopic (exact) mass is 589 g/mol. The number of hydrogen-bond donors (Lipinski definition) is 1. The summed E-state index contributed by atoms with van der Waals surface area (Å²) in [7, 11) is -3.59. The molecule has 0 bridgehead atoms. The smallest absolute Gasteiger partial charge is 0.243 e. The molecule has 2 aromatic carbocycles. The maximum Gasteiger partial charge on any atom is 0.243 e. The molecule has 0 heterocycles. The number of sulfonamides is 1. The van der Waals surface area contributed by atoms with Crippen molar-refractivity contribution in [3.8, 4) is 0 Å². The Morgan fingerprint density at radius 1 is 0.973 bits per heavy atom. The van der Waals surface area contributed by atoms with Crippen LogP contribution in [0.4, 0.5) is 5.69 Å². The molecule has 2 rings (SSSR count). The summed E-state index contributed by atoms with van der Waals surface area (Å²) < 4.78 is 26.1. The first-order valence-electron chi connectivity index (χ1n) is 12.1. The highest BCUT2D eigenvalue weighted by atomic mass is 35.5. The maximum atomic E-state index is 13.5. The molecule has 1 N–H and O–H groups in total. The van der Waals surface area contributed by atoms with Crippen molar-refractivity contribution in [2.45, 2.75) is 65.1 Å². The maximum absolute atomic E-state index is 13.5. The molecule has 0 fully saturated rings. The third-order valence-corrected chi connectivity index (χ3v) is 8.20. The number of anilines is 1. The molecule has 0 saturated heterocycles.